The lowest BCUT2D eigenvalue weighted by Gasteiger charge is -2.25. The smallest absolute Gasteiger partial charge is 0.236 e. The van der Waals surface area contributed by atoms with Gasteiger partial charge in [-0.3, -0.25) is 14.5 Å². The molecular weight excluding hydrogens is 268 g/mol. The molecule has 0 aliphatic heterocycles. The van der Waals surface area contributed by atoms with Crippen molar-refractivity contribution in [2.24, 2.45) is 5.73 Å². The molecule has 1 rings (SSSR count). The normalized spacial score (nSPS) is 10.6. The van der Waals surface area contributed by atoms with Crippen LogP contribution in [0.1, 0.15) is 19.4 Å². The molecule has 4 N–H and O–H groups in total. The van der Waals surface area contributed by atoms with Crippen molar-refractivity contribution in [2.45, 2.75) is 20.4 Å². The highest BCUT2D eigenvalue weighted by molar-refractivity contribution is 5.80. The van der Waals surface area contributed by atoms with Gasteiger partial charge >= 0.3 is 0 Å². The predicted molar refractivity (Wildman–Crippen MR) is 83.3 cm³/mol. The molecule has 6 nitrogen and oxygen atoms in total. The first kappa shape index (κ1) is 17.0. The molecule has 0 aliphatic carbocycles. The second kappa shape index (κ2) is 8.26. The van der Waals surface area contributed by atoms with Crippen LogP contribution in [-0.2, 0) is 16.1 Å². The predicted octanol–water partition coefficient (Wildman–Crippen LogP) is 0.425. The van der Waals surface area contributed by atoms with Gasteiger partial charge in [0.25, 0.3) is 0 Å². The highest BCUT2D eigenvalue weighted by Gasteiger charge is 2.17. The average molecular weight is 292 g/mol. The maximum atomic E-state index is 12.2. The molecule has 1 aromatic carbocycles. The van der Waals surface area contributed by atoms with Crippen LogP contribution in [0.5, 0.6) is 0 Å². The van der Waals surface area contributed by atoms with Gasteiger partial charge < -0.3 is 16.4 Å². The third kappa shape index (κ3) is 5.83. The standard InChI is InChI=1S/C15H24N4O2/c1-3-19(4-2)15(21)11-18(10-14(17)20)9-12-5-7-13(16)8-6-12/h5-8H,3-4,9-11,16H2,1-2H3,(H2,17,20). The Kier molecular flexibility index (Phi) is 6.68. The van der Waals surface area contributed by atoms with E-state index in [0.717, 1.165) is 5.56 Å². The van der Waals surface area contributed by atoms with Gasteiger partial charge in [-0.25, -0.2) is 0 Å². The summed E-state index contributed by atoms with van der Waals surface area (Å²) in [5.41, 5.74) is 12.6. The lowest BCUT2D eigenvalue weighted by Crippen LogP contribution is -2.43. The molecule has 0 atom stereocenters. The molecule has 0 bridgehead atoms. The molecule has 6 heteroatoms. The van der Waals surface area contributed by atoms with E-state index in [1.54, 1.807) is 21.9 Å². The number of nitrogens with two attached hydrogens (primary N) is 2. The quantitative estimate of drug-likeness (QED) is 0.679. The van der Waals surface area contributed by atoms with Crippen molar-refractivity contribution in [2.75, 3.05) is 31.9 Å². The Morgan fingerprint density at radius 1 is 1.05 bits per heavy atom. The lowest BCUT2D eigenvalue weighted by molar-refractivity contribution is -0.132. The average Bonchev–Trinajstić information content (AvgIpc) is 2.42. The first-order chi connectivity index (χ1) is 9.96. The summed E-state index contributed by atoms with van der Waals surface area (Å²) in [6, 6.07) is 7.35. The number of primary amides is 1. The molecule has 1 aromatic rings. The number of nitrogens with zero attached hydrogens (tertiary/aromatic N) is 2. The fourth-order valence-electron chi connectivity index (χ4n) is 2.14. The molecule has 21 heavy (non-hydrogen) atoms. The summed E-state index contributed by atoms with van der Waals surface area (Å²) in [5.74, 6) is -0.450. The van der Waals surface area contributed by atoms with E-state index in [1.165, 1.54) is 0 Å². The van der Waals surface area contributed by atoms with E-state index in [-0.39, 0.29) is 19.0 Å². The molecule has 0 spiro atoms. The maximum absolute atomic E-state index is 12.2. The minimum Gasteiger partial charge on any atom is -0.399 e. The van der Waals surface area contributed by atoms with Crippen LogP contribution in [-0.4, -0.2) is 47.8 Å². The second-order valence-corrected chi connectivity index (χ2v) is 4.92. The number of hydrogen-bond donors (Lipinski definition) is 2. The van der Waals surface area contributed by atoms with E-state index in [1.807, 2.05) is 26.0 Å². The molecule has 0 saturated heterocycles. The van der Waals surface area contributed by atoms with E-state index in [4.69, 9.17) is 11.5 Å². The van der Waals surface area contributed by atoms with Gasteiger partial charge in [-0.15, -0.1) is 0 Å². The topological polar surface area (TPSA) is 92.7 Å². The van der Waals surface area contributed by atoms with Crippen molar-refractivity contribution in [1.29, 1.82) is 0 Å². The Labute approximate surface area is 125 Å². The number of nitrogen functional groups attached to an aromatic ring is 1. The van der Waals surface area contributed by atoms with Crippen molar-refractivity contribution in [3.63, 3.8) is 0 Å². The molecule has 0 heterocycles. The number of carbonyl (C=O) groups excluding carboxylic acids is 2. The van der Waals surface area contributed by atoms with Crippen molar-refractivity contribution in [3.05, 3.63) is 29.8 Å². The molecule has 0 radical (unpaired) electrons. The summed E-state index contributed by atoms with van der Waals surface area (Å²) in [7, 11) is 0. The summed E-state index contributed by atoms with van der Waals surface area (Å²) in [6.07, 6.45) is 0. The molecule has 0 fully saturated rings. The van der Waals surface area contributed by atoms with Crippen LogP contribution in [0.4, 0.5) is 5.69 Å². The molecule has 0 aliphatic rings. The minimum absolute atomic E-state index is 0.00306. The monoisotopic (exact) mass is 292 g/mol. The van der Waals surface area contributed by atoms with Crippen LogP contribution in [0.2, 0.25) is 0 Å². The van der Waals surface area contributed by atoms with Crippen LogP contribution < -0.4 is 11.5 Å². The number of likely N-dealkylation sites (N-methyl/N-ethyl adjacent to an activating group) is 1. The fraction of sp³-hybridized carbons (Fsp3) is 0.467. The van der Waals surface area contributed by atoms with E-state index < -0.39 is 5.91 Å². The first-order valence-corrected chi connectivity index (χ1v) is 7.09. The Morgan fingerprint density at radius 2 is 1.62 bits per heavy atom. The Morgan fingerprint density at radius 3 is 2.10 bits per heavy atom. The lowest BCUT2D eigenvalue weighted by atomic mass is 10.2. The number of anilines is 1. The van der Waals surface area contributed by atoms with E-state index >= 15 is 0 Å². The number of amides is 2. The number of hydrogen-bond acceptors (Lipinski definition) is 4. The van der Waals surface area contributed by atoms with Crippen LogP contribution in [0, 0.1) is 0 Å². The van der Waals surface area contributed by atoms with E-state index in [9.17, 15) is 9.59 Å². The highest BCUT2D eigenvalue weighted by Crippen LogP contribution is 2.09. The zero-order chi connectivity index (χ0) is 15.8. The van der Waals surface area contributed by atoms with Crippen LogP contribution in [0.15, 0.2) is 24.3 Å². The SMILES string of the molecule is CCN(CC)C(=O)CN(CC(N)=O)Cc1ccc(N)cc1. The number of rotatable bonds is 8. The third-order valence-corrected chi connectivity index (χ3v) is 3.24. The van der Waals surface area contributed by atoms with Gasteiger partial charge in [-0.1, -0.05) is 12.1 Å². The summed E-state index contributed by atoms with van der Waals surface area (Å²) in [4.78, 5) is 26.8. The van der Waals surface area contributed by atoms with Crippen LogP contribution in [0.3, 0.4) is 0 Å². The summed E-state index contributed by atoms with van der Waals surface area (Å²) in [6.45, 7) is 5.88. The van der Waals surface area contributed by atoms with Gasteiger partial charge in [0.15, 0.2) is 0 Å². The third-order valence-electron chi connectivity index (χ3n) is 3.24. The maximum Gasteiger partial charge on any atom is 0.236 e. The van der Waals surface area contributed by atoms with Gasteiger partial charge in [0.05, 0.1) is 13.1 Å². The summed E-state index contributed by atoms with van der Waals surface area (Å²) >= 11 is 0. The number of carbonyl (C=O) groups is 2. The van der Waals surface area contributed by atoms with Crippen LogP contribution >= 0.6 is 0 Å². The van der Waals surface area contributed by atoms with E-state index in [2.05, 4.69) is 0 Å². The number of benzene rings is 1. The molecule has 0 unspecified atom stereocenters. The van der Waals surface area contributed by atoms with Gasteiger partial charge in [-0.2, -0.15) is 0 Å². The van der Waals surface area contributed by atoms with Gasteiger partial charge in [0.2, 0.25) is 11.8 Å². The summed E-state index contributed by atoms with van der Waals surface area (Å²) in [5, 5.41) is 0. The largest absolute Gasteiger partial charge is 0.399 e. The Hall–Kier alpha value is -2.08. The van der Waals surface area contributed by atoms with Gasteiger partial charge in [0.1, 0.15) is 0 Å². The fourth-order valence-corrected chi connectivity index (χ4v) is 2.14. The zero-order valence-electron chi connectivity index (χ0n) is 12.7. The summed E-state index contributed by atoms with van der Waals surface area (Å²) < 4.78 is 0. The Bertz CT molecular complexity index is 469. The second-order valence-electron chi connectivity index (χ2n) is 4.92. The molecule has 116 valence electrons. The zero-order valence-corrected chi connectivity index (χ0v) is 12.7. The van der Waals surface area contributed by atoms with Gasteiger partial charge in [0, 0.05) is 25.3 Å². The van der Waals surface area contributed by atoms with Crippen molar-refractivity contribution in [3.8, 4) is 0 Å². The van der Waals surface area contributed by atoms with Gasteiger partial charge in [-0.05, 0) is 31.5 Å². The van der Waals surface area contributed by atoms with Crippen molar-refractivity contribution < 1.29 is 9.59 Å². The minimum atomic E-state index is -0.446. The molecular formula is C15H24N4O2. The molecule has 0 aromatic heterocycles. The molecule has 0 saturated carbocycles. The van der Waals surface area contributed by atoms with Crippen LogP contribution in [0.25, 0.3) is 0 Å². The Balaban J connectivity index is 2.73. The van der Waals surface area contributed by atoms with Crippen molar-refractivity contribution >= 4 is 17.5 Å². The van der Waals surface area contributed by atoms with E-state index in [0.29, 0.717) is 25.3 Å². The highest BCUT2D eigenvalue weighted by atomic mass is 16.2. The molecule has 2 amide bonds. The van der Waals surface area contributed by atoms with Crippen molar-refractivity contribution in [1.82, 2.24) is 9.80 Å². The first-order valence-electron chi connectivity index (χ1n) is 7.09.